The molecule has 1 aliphatic rings. The van der Waals surface area contributed by atoms with Gasteiger partial charge in [0.05, 0.1) is 11.2 Å². The number of nitrogens with one attached hydrogen (secondary N) is 1. The summed E-state index contributed by atoms with van der Waals surface area (Å²) in [7, 11) is 0. The van der Waals surface area contributed by atoms with Crippen LogP contribution in [0.1, 0.15) is 36.5 Å². The molecular weight excluding hydrogens is 221 g/mol. The molecular formula is C13H16FNO2. The summed E-state index contributed by atoms with van der Waals surface area (Å²) < 4.78 is 13.5. The van der Waals surface area contributed by atoms with Crippen molar-refractivity contribution >= 4 is 11.5 Å². The molecule has 17 heavy (non-hydrogen) atoms. The molecule has 1 aliphatic carbocycles. The van der Waals surface area contributed by atoms with E-state index < -0.39 is 11.4 Å². The summed E-state index contributed by atoms with van der Waals surface area (Å²) in [6.45, 7) is 1.69. The molecule has 0 atom stereocenters. The molecule has 1 aromatic carbocycles. The Morgan fingerprint density at radius 3 is 2.76 bits per heavy atom. The van der Waals surface area contributed by atoms with Crippen molar-refractivity contribution in [3.05, 3.63) is 29.6 Å². The van der Waals surface area contributed by atoms with Crippen LogP contribution in [0.25, 0.3) is 0 Å². The van der Waals surface area contributed by atoms with Crippen LogP contribution < -0.4 is 5.32 Å². The topological polar surface area (TPSA) is 49.3 Å². The lowest BCUT2D eigenvalue weighted by molar-refractivity contribution is -0.0202. The first-order chi connectivity index (χ1) is 8.02. The molecule has 0 saturated heterocycles. The first kappa shape index (κ1) is 12.0. The molecule has 0 amide bonds. The van der Waals surface area contributed by atoms with Crippen LogP contribution in [0.4, 0.5) is 10.1 Å². The minimum atomic E-state index is -0.694. The van der Waals surface area contributed by atoms with E-state index in [1.54, 1.807) is 12.1 Å². The number of aliphatic hydroxyl groups is 1. The predicted octanol–water partition coefficient (Wildman–Crippen LogP) is 2.36. The number of carbonyl (C=O) groups excluding carboxylic acids is 1. The summed E-state index contributed by atoms with van der Waals surface area (Å²) in [6.07, 6.45) is 2.52. The van der Waals surface area contributed by atoms with E-state index in [2.05, 4.69) is 5.32 Å². The largest absolute Gasteiger partial charge is 0.388 e. The standard InChI is InChI=1S/C13H16FNO2/c1-9(16)12-10(14)4-2-5-11(12)15-8-13(17)6-3-7-13/h2,4-5,15,17H,3,6-8H2,1H3. The number of Topliss-reactive ketones (excluding diaryl/α,β-unsaturated/α-hetero) is 1. The maximum Gasteiger partial charge on any atom is 0.164 e. The Labute approximate surface area is 99.7 Å². The van der Waals surface area contributed by atoms with Crippen molar-refractivity contribution in [1.29, 1.82) is 0 Å². The fraction of sp³-hybridized carbons (Fsp3) is 0.462. The summed E-state index contributed by atoms with van der Waals surface area (Å²) in [5, 5.41) is 12.9. The van der Waals surface area contributed by atoms with E-state index in [-0.39, 0.29) is 11.3 Å². The molecule has 2 N–H and O–H groups in total. The number of rotatable bonds is 4. The van der Waals surface area contributed by atoms with Crippen LogP contribution in [0.3, 0.4) is 0 Å². The Morgan fingerprint density at radius 1 is 1.53 bits per heavy atom. The van der Waals surface area contributed by atoms with Gasteiger partial charge in [-0.05, 0) is 38.3 Å². The molecule has 3 nitrogen and oxygen atoms in total. The summed E-state index contributed by atoms with van der Waals surface area (Å²) in [6, 6.07) is 4.47. The minimum Gasteiger partial charge on any atom is -0.388 e. The van der Waals surface area contributed by atoms with Gasteiger partial charge in [-0.25, -0.2) is 4.39 Å². The predicted molar refractivity (Wildman–Crippen MR) is 63.7 cm³/mol. The van der Waals surface area contributed by atoms with Gasteiger partial charge in [0.1, 0.15) is 5.82 Å². The number of benzene rings is 1. The van der Waals surface area contributed by atoms with Crippen LogP contribution in [0.5, 0.6) is 0 Å². The van der Waals surface area contributed by atoms with Gasteiger partial charge in [0.15, 0.2) is 5.78 Å². The summed E-state index contributed by atoms with van der Waals surface area (Å²) >= 11 is 0. The van der Waals surface area contributed by atoms with E-state index in [4.69, 9.17) is 0 Å². The van der Waals surface area contributed by atoms with E-state index >= 15 is 0 Å². The Morgan fingerprint density at radius 2 is 2.24 bits per heavy atom. The Balaban J connectivity index is 2.15. The van der Waals surface area contributed by atoms with Crippen LogP contribution in [0.15, 0.2) is 18.2 Å². The van der Waals surface area contributed by atoms with Crippen molar-refractivity contribution in [1.82, 2.24) is 0 Å². The number of halogens is 1. The Kier molecular flexibility index (Phi) is 3.15. The van der Waals surface area contributed by atoms with Gasteiger partial charge in [-0.15, -0.1) is 0 Å². The minimum absolute atomic E-state index is 0.0652. The second kappa shape index (κ2) is 4.45. The zero-order valence-corrected chi connectivity index (χ0v) is 9.79. The summed E-state index contributed by atoms with van der Waals surface area (Å²) in [5.74, 6) is -0.839. The van der Waals surface area contributed by atoms with Crippen LogP contribution in [-0.2, 0) is 0 Å². The van der Waals surface area contributed by atoms with E-state index in [0.717, 1.165) is 19.3 Å². The number of carbonyl (C=O) groups is 1. The Hall–Kier alpha value is -1.42. The highest BCUT2D eigenvalue weighted by Crippen LogP contribution is 2.32. The molecule has 0 heterocycles. The molecule has 0 aliphatic heterocycles. The van der Waals surface area contributed by atoms with E-state index in [1.807, 2.05) is 0 Å². The molecule has 0 radical (unpaired) electrons. The van der Waals surface area contributed by atoms with Crippen LogP contribution in [0, 0.1) is 5.82 Å². The fourth-order valence-corrected chi connectivity index (χ4v) is 2.05. The third-order valence-electron chi connectivity index (χ3n) is 3.26. The lowest BCUT2D eigenvalue weighted by Crippen LogP contribution is -2.43. The normalized spacial score (nSPS) is 17.4. The van der Waals surface area contributed by atoms with Crippen molar-refractivity contribution in [2.45, 2.75) is 31.8 Å². The highest BCUT2D eigenvalue weighted by Gasteiger charge is 2.34. The zero-order chi connectivity index (χ0) is 12.5. The SMILES string of the molecule is CC(=O)c1c(F)cccc1NCC1(O)CCC1. The van der Waals surface area contributed by atoms with Crippen molar-refractivity contribution in [3.8, 4) is 0 Å². The maximum atomic E-state index is 13.5. The lowest BCUT2D eigenvalue weighted by atomic mass is 9.80. The monoisotopic (exact) mass is 237 g/mol. The van der Waals surface area contributed by atoms with Crippen LogP contribution >= 0.6 is 0 Å². The Bertz CT molecular complexity index is 441. The number of ketones is 1. The molecule has 0 aromatic heterocycles. The first-order valence-electron chi connectivity index (χ1n) is 5.77. The number of hydrogen-bond acceptors (Lipinski definition) is 3. The average Bonchev–Trinajstić information content (AvgIpc) is 2.23. The number of anilines is 1. The van der Waals surface area contributed by atoms with Crippen molar-refractivity contribution < 1.29 is 14.3 Å². The van der Waals surface area contributed by atoms with Gasteiger partial charge >= 0.3 is 0 Å². The van der Waals surface area contributed by atoms with E-state index in [1.165, 1.54) is 13.0 Å². The molecule has 4 heteroatoms. The quantitative estimate of drug-likeness (QED) is 0.790. The molecule has 1 saturated carbocycles. The third kappa shape index (κ3) is 2.47. The average molecular weight is 237 g/mol. The van der Waals surface area contributed by atoms with E-state index in [9.17, 15) is 14.3 Å². The van der Waals surface area contributed by atoms with Gasteiger partial charge < -0.3 is 10.4 Å². The first-order valence-corrected chi connectivity index (χ1v) is 5.77. The van der Waals surface area contributed by atoms with E-state index in [0.29, 0.717) is 12.2 Å². The lowest BCUT2D eigenvalue weighted by Gasteiger charge is -2.37. The molecule has 1 aromatic rings. The molecule has 2 rings (SSSR count). The van der Waals surface area contributed by atoms with Gasteiger partial charge in [-0.1, -0.05) is 6.07 Å². The highest BCUT2D eigenvalue weighted by atomic mass is 19.1. The van der Waals surface area contributed by atoms with Gasteiger partial charge in [0.25, 0.3) is 0 Å². The maximum absolute atomic E-state index is 13.5. The van der Waals surface area contributed by atoms with Crippen LogP contribution in [-0.4, -0.2) is 23.0 Å². The van der Waals surface area contributed by atoms with Crippen LogP contribution in [0.2, 0.25) is 0 Å². The second-order valence-electron chi connectivity index (χ2n) is 4.65. The molecule has 1 fully saturated rings. The van der Waals surface area contributed by atoms with Gasteiger partial charge in [0, 0.05) is 12.2 Å². The molecule has 92 valence electrons. The number of hydrogen-bond donors (Lipinski definition) is 2. The van der Waals surface area contributed by atoms with Gasteiger partial charge in [0.2, 0.25) is 0 Å². The highest BCUT2D eigenvalue weighted by molar-refractivity contribution is 5.99. The van der Waals surface area contributed by atoms with Gasteiger partial charge in [-0.2, -0.15) is 0 Å². The molecule has 0 bridgehead atoms. The second-order valence-corrected chi connectivity index (χ2v) is 4.65. The zero-order valence-electron chi connectivity index (χ0n) is 9.79. The smallest absolute Gasteiger partial charge is 0.164 e. The summed E-state index contributed by atoms with van der Waals surface area (Å²) in [5.41, 5.74) is -0.173. The van der Waals surface area contributed by atoms with Crippen molar-refractivity contribution in [3.63, 3.8) is 0 Å². The molecule has 0 unspecified atom stereocenters. The van der Waals surface area contributed by atoms with Crippen molar-refractivity contribution in [2.75, 3.05) is 11.9 Å². The van der Waals surface area contributed by atoms with Gasteiger partial charge in [-0.3, -0.25) is 4.79 Å². The summed E-state index contributed by atoms with van der Waals surface area (Å²) in [4.78, 5) is 11.4. The fourth-order valence-electron chi connectivity index (χ4n) is 2.05. The molecule has 0 spiro atoms. The third-order valence-corrected chi connectivity index (χ3v) is 3.26. The van der Waals surface area contributed by atoms with Crippen molar-refractivity contribution in [2.24, 2.45) is 0 Å².